The van der Waals surface area contributed by atoms with E-state index in [0.717, 1.165) is 19.1 Å². The highest BCUT2D eigenvalue weighted by Gasteiger charge is 2.48. The van der Waals surface area contributed by atoms with E-state index in [2.05, 4.69) is 15.8 Å². The molecule has 11 heteroatoms. The van der Waals surface area contributed by atoms with E-state index < -0.39 is 47.1 Å². The molecule has 1 aromatic rings. The molecule has 1 atom stereocenters. The van der Waals surface area contributed by atoms with Crippen LogP contribution in [0.2, 0.25) is 0 Å². The molecule has 0 unspecified atom stereocenters. The van der Waals surface area contributed by atoms with Gasteiger partial charge < -0.3 is 5.32 Å². The number of hydrogen-bond donors (Lipinski definition) is 2. The van der Waals surface area contributed by atoms with Crippen LogP contribution in [-0.4, -0.2) is 23.3 Å². The predicted molar refractivity (Wildman–Crippen MR) is 74.4 cm³/mol. The molecule has 0 aliphatic carbocycles. The molecule has 1 aliphatic heterocycles. The quantitative estimate of drug-likeness (QED) is 0.792. The van der Waals surface area contributed by atoms with Gasteiger partial charge in [0.1, 0.15) is 11.3 Å². The van der Waals surface area contributed by atoms with Crippen molar-refractivity contribution in [3.05, 3.63) is 29.3 Å². The Balaban J connectivity index is 2.21. The summed E-state index contributed by atoms with van der Waals surface area (Å²) in [5, 5.41) is 13.9. The number of halogens is 6. The van der Waals surface area contributed by atoms with Gasteiger partial charge in [0.2, 0.25) is 0 Å². The molecule has 0 saturated carbocycles. The van der Waals surface area contributed by atoms with Gasteiger partial charge in [0.05, 0.1) is 17.2 Å². The minimum atomic E-state index is -4.83. The zero-order chi connectivity index (χ0) is 19.0. The number of rotatable bonds is 2. The van der Waals surface area contributed by atoms with E-state index in [-0.39, 0.29) is 5.69 Å². The molecule has 1 heterocycles. The number of alkyl halides is 6. The topological polar surface area (TPSA) is 77.3 Å². The smallest absolute Gasteiger partial charge is 0.324 e. The number of hydrazone groups is 1. The van der Waals surface area contributed by atoms with E-state index in [1.165, 1.54) is 6.07 Å². The monoisotopic (exact) mass is 364 g/mol. The molecule has 2 rings (SSSR count). The Kier molecular flexibility index (Phi) is 4.42. The first-order valence-electron chi connectivity index (χ1n) is 6.70. The van der Waals surface area contributed by atoms with Crippen molar-refractivity contribution in [1.82, 2.24) is 5.43 Å². The molecule has 134 valence electrons. The van der Waals surface area contributed by atoms with Crippen LogP contribution >= 0.6 is 0 Å². The maximum Gasteiger partial charge on any atom is 0.431 e. The molecule has 0 fully saturated rings. The maximum absolute atomic E-state index is 12.9. The van der Waals surface area contributed by atoms with Crippen LogP contribution in [0.5, 0.6) is 0 Å². The molecule has 0 spiro atoms. The van der Waals surface area contributed by atoms with E-state index in [4.69, 9.17) is 5.26 Å². The summed E-state index contributed by atoms with van der Waals surface area (Å²) in [6, 6.07) is 3.83. The molecular weight excluding hydrogens is 354 g/mol. The Morgan fingerprint density at radius 3 is 2.40 bits per heavy atom. The van der Waals surface area contributed by atoms with Crippen molar-refractivity contribution in [2.75, 3.05) is 5.32 Å². The van der Waals surface area contributed by atoms with E-state index in [0.29, 0.717) is 6.07 Å². The van der Waals surface area contributed by atoms with Gasteiger partial charge >= 0.3 is 12.4 Å². The number of nitriles is 1. The third-order valence-electron chi connectivity index (χ3n) is 3.49. The molecular formula is C14H10F6N4O. The van der Waals surface area contributed by atoms with Crippen molar-refractivity contribution in [3.63, 3.8) is 0 Å². The largest absolute Gasteiger partial charge is 0.431 e. The fourth-order valence-corrected chi connectivity index (χ4v) is 2.12. The number of carbonyl (C=O) groups excluding carboxylic acids is 1. The zero-order valence-corrected chi connectivity index (χ0v) is 12.5. The number of carbonyl (C=O) groups is 1. The van der Waals surface area contributed by atoms with Gasteiger partial charge in [-0.1, -0.05) is 0 Å². The van der Waals surface area contributed by atoms with Gasteiger partial charge in [-0.25, -0.2) is 0 Å². The lowest BCUT2D eigenvalue weighted by atomic mass is 9.95. The van der Waals surface area contributed by atoms with Crippen LogP contribution in [0.25, 0.3) is 0 Å². The van der Waals surface area contributed by atoms with Crippen molar-refractivity contribution in [2.45, 2.75) is 31.2 Å². The van der Waals surface area contributed by atoms with Gasteiger partial charge in [-0.15, -0.1) is 0 Å². The van der Waals surface area contributed by atoms with Crippen molar-refractivity contribution in [3.8, 4) is 6.07 Å². The van der Waals surface area contributed by atoms with Crippen LogP contribution in [0.4, 0.5) is 32.0 Å². The fraction of sp³-hybridized carbons (Fsp3) is 0.357. The minimum absolute atomic E-state index is 0.306. The first-order chi connectivity index (χ1) is 11.4. The van der Waals surface area contributed by atoms with Crippen molar-refractivity contribution < 1.29 is 31.1 Å². The van der Waals surface area contributed by atoms with Gasteiger partial charge in [-0.2, -0.15) is 36.7 Å². The highest BCUT2D eigenvalue weighted by molar-refractivity contribution is 6.04. The molecule has 2 N–H and O–H groups in total. The van der Waals surface area contributed by atoms with Crippen LogP contribution in [0.3, 0.4) is 0 Å². The highest BCUT2D eigenvalue weighted by atomic mass is 19.4. The lowest BCUT2D eigenvalue weighted by Crippen LogP contribution is -2.48. The third kappa shape index (κ3) is 3.84. The van der Waals surface area contributed by atoms with Gasteiger partial charge in [0.15, 0.2) is 0 Å². The van der Waals surface area contributed by atoms with E-state index >= 15 is 0 Å². The second kappa shape index (κ2) is 5.94. The number of anilines is 1. The van der Waals surface area contributed by atoms with Gasteiger partial charge in [-0.05, 0) is 25.1 Å². The predicted octanol–water partition coefficient (Wildman–Crippen LogP) is 3.19. The maximum atomic E-state index is 12.9. The second-order valence-corrected chi connectivity index (χ2v) is 5.50. The molecule has 0 aromatic heterocycles. The van der Waals surface area contributed by atoms with E-state index in [9.17, 15) is 31.1 Å². The van der Waals surface area contributed by atoms with E-state index in [1.807, 2.05) is 0 Å². The average Bonchev–Trinajstić information content (AvgIpc) is 2.90. The van der Waals surface area contributed by atoms with Crippen LogP contribution < -0.4 is 10.7 Å². The Morgan fingerprint density at radius 1 is 1.28 bits per heavy atom. The van der Waals surface area contributed by atoms with Crippen LogP contribution in [0.15, 0.2) is 23.3 Å². The first-order valence-corrected chi connectivity index (χ1v) is 6.70. The summed E-state index contributed by atoms with van der Waals surface area (Å²) in [6.45, 7) is 1.14. The second-order valence-electron chi connectivity index (χ2n) is 5.50. The van der Waals surface area contributed by atoms with Crippen molar-refractivity contribution in [1.29, 1.82) is 5.26 Å². The Hall–Kier alpha value is -2.77. The average molecular weight is 364 g/mol. The number of hydrogen-bond acceptors (Lipinski definition) is 4. The zero-order valence-electron chi connectivity index (χ0n) is 12.5. The number of nitrogens with one attached hydrogen (secondary N) is 2. The molecule has 1 aromatic carbocycles. The van der Waals surface area contributed by atoms with Crippen LogP contribution in [0.1, 0.15) is 24.5 Å². The summed E-state index contributed by atoms with van der Waals surface area (Å²) in [4.78, 5) is 12.2. The molecule has 0 saturated heterocycles. The Bertz CT molecular complexity index is 777. The van der Waals surface area contributed by atoms with Crippen LogP contribution in [0, 0.1) is 11.3 Å². The van der Waals surface area contributed by atoms with Gasteiger partial charge in [0, 0.05) is 12.1 Å². The lowest BCUT2D eigenvalue weighted by Gasteiger charge is -2.23. The molecule has 1 amide bonds. The number of amides is 1. The third-order valence-corrected chi connectivity index (χ3v) is 3.49. The molecule has 25 heavy (non-hydrogen) atoms. The van der Waals surface area contributed by atoms with Crippen molar-refractivity contribution >= 4 is 17.3 Å². The molecule has 5 nitrogen and oxygen atoms in total. The Morgan fingerprint density at radius 2 is 1.92 bits per heavy atom. The first kappa shape index (κ1) is 18.6. The summed E-state index contributed by atoms with van der Waals surface area (Å²) >= 11 is 0. The minimum Gasteiger partial charge on any atom is -0.324 e. The summed E-state index contributed by atoms with van der Waals surface area (Å²) < 4.78 is 76.5. The van der Waals surface area contributed by atoms with Gasteiger partial charge in [-0.3, -0.25) is 10.2 Å². The summed E-state index contributed by atoms with van der Waals surface area (Å²) in [7, 11) is 0. The van der Waals surface area contributed by atoms with Crippen molar-refractivity contribution in [2.24, 2.45) is 5.10 Å². The lowest BCUT2D eigenvalue weighted by molar-refractivity contribution is -0.137. The van der Waals surface area contributed by atoms with E-state index in [1.54, 1.807) is 0 Å². The highest BCUT2D eigenvalue weighted by Crippen LogP contribution is 2.34. The number of nitrogens with zero attached hydrogens (tertiary/aromatic N) is 2. The molecule has 0 radical (unpaired) electrons. The summed E-state index contributed by atoms with van der Waals surface area (Å²) in [5.41, 5.74) is -3.11. The molecule has 1 aliphatic rings. The summed E-state index contributed by atoms with van der Waals surface area (Å²) in [6.07, 6.45) is -10.3. The van der Waals surface area contributed by atoms with Gasteiger partial charge in [0.25, 0.3) is 5.91 Å². The Labute approximate surface area is 137 Å². The SMILES string of the molecule is C[C@@]1(C(=O)Nc2ccc(C#N)c(C(F)(F)F)c2)CC(C(F)(F)F)=NN1. The fourth-order valence-electron chi connectivity index (χ4n) is 2.12. The standard InChI is InChI=1S/C14H10F6N4O/c1-12(5-10(23-24-12)14(18,19)20)11(25)22-8-3-2-7(6-21)9(4-8)13(15,16)17/h2-4,24H,5H2,1H3,(H,22,25)/t12-/m0/s1. The molecule has 0 bridgehead atoms. The normalized spacial score (nSPS) is 20.5. The summed E-state index contributed by atoms with van der Waals surface area (Å²) in [5.74, 6) is -0.992. The number of benzene rings is 1. The van der Waals surface area contributed by atoms with Crippen LogP contribution in [-0.2, 0) is 11.0 Å².